The number of carbonyl (C=O) groups is 2. The molecule has 0 spiro atoms. The van der Waals surface area contributed by atoms with E-state index in [2.05, 4.69) is 0 Å². The highest BCUT2D eigenvalue weighted by Gasteiger charge is 2.22. The smallest absolute Gasteiger partial charge is 0.333 e. The minimum atomic E-state index is -0.173. The van der Waals surface area contributed by atoms with Gasteiger partial charge in [-0.3, -0.25) is 4.79 Å². The van der Waals surface area contributed by atoms with Gasteiger partial charge < -0.3 is 9.64 Å². The van der Waals surface area contributed by atoms with Crippen molar-refractivity contribution in [3.05, 3.63) is 11.6 Å². The summed E-state index contributed by atoms with van der Waals surface area (Å²) in [6.45, 7) is 3.45. The van der Waals surface area contributed by atoms with Gasteiger partial charge in [0.1, 0.15) is 6.10 Å². The predicted octanol–water partition coefficient (Wildman–Crippen LogP) is 2.04. The summed E-state index contributed by atoms with van der Waals surface area (Å²) in [5.41, 5.74) is 0.819. The van der Waals surface area contributed by atoms with Crippen molar-refractivity contribution >= 4 is 11.9 Å². The van der Waals surface area contributed by atoms with E-state index in [9.17, 15) is 9.59 Å². The molecule has 4 nitrogen and oxygen atoms in total. The van der Waals surface area contributed by atoms with Crippen LogP contribution in [0.2, 0.25) is 0 Å². The zero-order valence-electron chi connectivity index (χ0n) is 11.0. The van der Waals surface area contributed by atoms with Crippen molar-refractivity contribution in [2.75, 3.05) is 13.1 Å². The predicted molar refractivity (Wildman–Crippen MR) is 67.9 cm³/mol. The van der Waals surface area contributed by atoms with Crippen molar-refractivity contribution in [2.24, 2.45) is 0 Å². The monoisotopic (exact) mass is 251 g/mol. The lowest BCUT2D eigenvalue weighted by molar-refractivity contribution is -0.144. The van der Waals surface area contributed by atoms with Gasteiger partial charge in [0, 0.05) is 31.5 Å². The normalized spacial score (nSPS) is 21.1. The Bertz CT molecular complexity index is 362. The molecule has 1 heterocycles. The van der Waals surface area contributed by atoms with Crippen molar-refractivity contribution in [3.63, 3.8) is 0 Å². The molecule has 1 amide bonds. The molecule has 4 heteroatoms. The molecule has 1 aliphatic carbocycles. The Balaban J connectivity index is 1.69. The summed E-state index contributed by atoms with van der Waals surface area (Å²) in [5.74, 6) is 0.0553. The van der Waals surface area contributed by atoms with Crippen LogP contribution in [0, 0.1) is 0 Å². The number of allylic oxidation sites excluding steroid dienone is 1. The first-order valence-electron chi connectivity index (χ1n) is 6.84. The summed E-state index contributed by atoms with van der Waals surface area (Å²) >= 11 is 0. The molecule has 18 heavy (non-hydrogen) atoms. The van der Waals surface area contributed by atoms with Gasteiger partial charge in [-0.05, 0) is 32.6 Å². The molecular weight excluding hydrogens is 230 g/mol. The van der Waals surface area contributed by atoms with Crippen LogP contribution in [-0.2, 0) is 14.3 Å². The first-order valence-corrected chi connectivity index (χ1v) is 6.84. The van der Waals surface area contributed by atoms with Gasteiger partial charge in [-0.1, -0.05) is 6.08 Å². The number of hydrogen-bond donors (Lipinski definition) is 0. The lowest BCUT2D eigenvalue weighted by atomic mass is 10.2. The molecule has 1 fully saturated rings. The summed E-state index contributed by atoms with van der Waals surface area (Å²) in [5, 5.41) is 0. The number of hydrogen-bond acceptors (Lipinski definition) is 3. The van der Waals surface area contributed by atoms with Crippen LogP contribution in [0.3, 0.4) is 0 Å². The minimum Gasteiger partial charge on any atom is -0.459 e. The number of nitrogens with zero attached hydrogens (tertiary/aromatic N) is 1. The molecule has 0 bridgehead atoms. The molecule has 0 saturated carbocycles. The molecule has 1 atom stereocenters. The first-order chi connectivity index (χ1) is 8.66. The second-order valence-electron chi connectivity index (χ2n) is 5.11. The van der Waals surface area contributed by atoms with E-state index in [1.165, 1.54) is 0 Å². The zero-order valence-corrected chi connectivity index (χ0v) is 11.0. The van der Waals surface area contributed by atoms with Crippen LogP contribution in [0.25, 0.3) is 0 Å². The van der Waals surface area contributed by atoms with Crippen LogP contribution in [-0.4, -0.2) is 36.0 Å². The molecule has 0 unspecified atom stereocenters. The highest BCUT2D eigenvalue weighted by atomic mass is 16.5. The van der Waals surface area contributed by atoms with E-state index in [4.69, 9.17) is 4.74 Å². The fourth-order valence-corrected chi connectivity index (χ4v) is 2.45. The van der Waals surface area contributed by atoms with E-state index < -0.39 is 0 Å². The third-order valence-corrected chi connectivity index (χ3v) is 3.59. The standard InChI is InChI=1S/C14H21NO3/c1-11(8-10-15-9-4-7-13(15)16)18-14(17)12-5-2-3-6-12/h5,11H,2-4,6-10H2,1H3/t11-/m1/s1. The second kappa shape index (κ2) is 6.03. The number of esters is 1. The van der Waals surface area contributed by atoms with E-state index in [0.29, 0.717) is 13.0 Å². The van der Waals surface area contributed by atoms with E-state index in [1.807, 2.05) is 17.9 Å². The summed E-state index contributed by atoms with van der Waals surface area (Å²) < 4.78 is 5.38. The highest BCUT2D eigenvalue weighted by Crippen LogP contribution is 2.20. The molecule has 0 aromatic heterocycles. The maximum Gasteiger partial charge on any atom is 0.333 e. The Morgan fingerprint density at radius 3 is 2.89 bits per heavy atom. The van der Waals surface area contributed by atoms with Crippen molar-refractivity contribution in [1.29, 1.82) is 0 Å². The maximum atomic E-state index is 11.7. The lowest BCUT2D eigenvalue weighted by Gasteiger charge is -2.19. The van der Waals surface area contributed by atoms with E-state index in [-0.39, 0.29) is 18.0 Å². The van der Waals surface area contributed by atoms with Crippen molar-refractivity contribution < 1.29 is 14.3 Å². The zero-order chi connectivity index (χ0) is 13.0. The van der Waals surface area contributed by atoms with Gasteiger partial charge in [0.25, 0.3) is 0 Å². The van der Waals surface area contributed by atoms with Crippen LogP contribution in [0.5, 0.6) is 0 Å². The van der Waals surface area contributed by atoms with Gasteiger partial charge in [0.2, 0.25) is 5.91 Å². The molecule has 1 saturated heterocycles. The molecule has 1 aliphatic heterocycles. The van der Waals surface area contributed by atoms with Gasteiger partial charge in [0.05, 0.1) is 0 Å². The Hall–Kier alpha value is -1.32. The Morgan fingerprint density at radius 1 is 1.44 bits per heavy atom. The fraction of sp³-hybridized carbons (Fsp3) is 0.714. The molecular formula is C14H21NO3. The second-order valence-corrected chi connectivity index (χ2v) is 5.11. The lowest BCUT2D eigenvalue weighted by Crippen LogP contribution is -2.29. The first kappa shape index (κ1) is 13.1. The van der Waals surface area contributed by atoms with Crippen LogP contribution < -0.4 is 0 Å². The van der Waals surface area contributed by atoms with Crippen molar-refractivity contribution in [1.82, 2.24) is 4.90 Å². The number of rotatable bonds is 5. The Morgan fingerprint density at radius 2 is 2.28 bits per heavy atom. The quantitative estimate of drug-likeness (QED) is 0.702. The number of carbonyl (C=O) groups excluding carboxylic acids is 2. The van der Waals surface area contributed by atoms with E-state index >= 15 is 0 Å². The molecule has 0 aromatic carbocycles. The van der Waals surface area contributed by atoms with E-state index in [0.717, 1.165) is 44.2 Å². The molecule has 0 N–H and O–H groups in total. The maximum absolute atomic E-state index is 11.7. The van der Waals surface area contributed by atoms with Crippen LogP contribution >= 0.6 is 0 Å². The Kier molecular flexibility index (Phi) is 4.39. The highest BCUT2D eigenvalue weighted by molar-refractivity contribution is 5.88. The molecule has 2 aliphatic rings. The summed E-state index contributed by atoms with van der Waals surface area (Å²) in [4.78, 5) is 25.0. The summed E-state index contributed by atoms with van der Waals surface area (Å²) in [6, 6.07) is 0. The fourth-order valence-electron chi connectivity index (χ4n) is 2.45. The largest absolute Gasteiger partial charge is 0.459 e. The third-order valence-electron chi connectivity index (χ3n) is 3.59. The molecule has 0 radical (unpaired) electrons. The van der Waals surface area contributed by atoms with Gasteiger partial charge >= 0.3 is 5.97 Å². The summed E-state index contributed by atoms with van der Waals surface area (Å²) in [7, 11) is 0. The van der Waals surface area contributed by atoms with Gasteiger partial charge in [-0.15, -0.1) is 0 Å². The van der Waals surface area contributed by atoms with Crippen molar-refractivity contribution in [2.45, 2.75) is 51.6 Å². The number of amides is 1. The Labute approximate surface area is 108 Å². The van der Waals surface area contributed by atoms with Crippen LogP contribution in [0.15, 0.2) is 11.6 Å². The topological polar surface area (TPSA) is 46.6 Å². The SMILES string of the molecule is C[C@H](CCN1CCCC1=O)OC(=O)C1=CCCC1. The van der Waals surface area contributed by atoms with Crippen LogP contribution in [0.1, 0.15) is 45.4 Å². The van der Waals surface area contributed by atoms with E-state index in [1.54, 1.807) is 0 Å². The van der Waals surface area contributed by atoms with Gasteiger partial charge in [-0.25, -0.2) is 4.79 Å². The van der Waals surface area contributed by atoms with Crippen molar-refractivity contribution in [3.8, 4) is 0 Å². The molecule has 100 valence electrons. The van der Waals surface area contributed by atoms with Crippen LogP contribution in [0.4, 0.5) is 0 Å². The minimum absolute atomic E-state index is 0.118. The molecule has 0 aromatic rings. The third kappa shape index (κ3) is 3.34. The summed E-state index contributed by atoms with van der Waals surface area (Å²) in [6.07, 6.45) is 7.09. The van der Waals surface area contributed by atoms with Gasteiger partial charge in [0.15, 0.2) is 0 Å². The molecule has 2 rings (SSSR count). The number of likely N-dealkylation sites (tertiary alicyclic amines) is 1. The van der Waals surface area contributed by atoms with Gasteiger partial charge in [-0.2, -0.15) is 0 Å². The number of ether oxygens (including phenoxy) is 1. The average molecular weight is 251 g/mol. The average Bonchev–Trinajstić information content (AvgIpc) is 2.97.